The first-order chi connectivity index (χ1) is 9.03. The number of nitrogens with zero attached hydrogens (tertiary/aromatic N) is 2. The first kappa shape index (κ1) is 13.7. The van der Waals surface area contributed by atoms with Gasteiger partial charge in [-0.15, -0.1) is 0 Å². The van der Waals surface area contributed by atoms with E-state index in [4.69, 9.17) is 5.11 Å². The number of aliphatic hydroxyl groups is 1. The van der Waals surface area contributed by atoms with E-state index < -0.39 is 10.0 Å². The van der Waals surface area contributed by atoms with E-state index in [2.05, 4.69) is 9.71 Å². The second-order valence-electron chi connectivity index (χ2n) is 4.08. The van der Waals surface area contributed by atoms with Crippen LogP contribution in [0.25, 0.3) is 0 Å². The maximum absolute atomic E-state index is 12.1. The van der Waals surface area contributed by atoms with Crippen LogP contribution < -0.4 is 4.72 Å². The minimum Gasteiger partial charge on any atom is -0.390 e. The molecule has 0 amide bonds. The van der Waals surface area contributed by atoms with Gasteiger partial charge in [-0.3, -0.25) is 4.98 Å². The summed E-state index contributed by atoms with van der Waals surface area (Å²) >= 11 is 0. The summed E-state index contributed by atoms with van der Waals surface area (Å²) in [6.07, 6.45) is 3.07. The highest BCUT2D eigenvalue weighted by Crippen LogP contribution is 2.13. The van der Waals surface area contributed by atoms with Gasteiger partial charge in [0, 0.05) is 25.1 Å². The third-order valence-electron chi connectivity index (χ3n) is 2.72. The Kier molecular flexibility index (Phi) is 3.98. The Morgan fingerprint density at radius 3 is 2.79 bits per heavy atom. The monoisotopic (exact) mass is 281 g/mol. The number of rotatable bonds is 5. The Hall–Kier alpha value is -1.70. The van der Waals surface area contributed by atoms with Gasteiger partial charge in [-0.2, -0.15) is 0 Å². The average molecular weight is 281 g/mol. The molecule has 0 atom stereocenters. The molecule has 0 aromatic carbocycles. The second-order valence-corrected chi connectivity index (χ2v) is 5.85. The first-order valence-electron chi connectivity index (χ1n) is 5.68. The van der Waals surface area contributed by atoms with Crippen LogP contribution in [0, 0.1) is 0 Å². The summed E-state index contributed by atoms with van der Waals surface area (Å²) in [6, 6.07) is 6.75. The van der Waals surface area contributed by atoms with Gasteiger partial charge < -0.3 is 9.67 Å². The molecule has 0 saturated carbocycles. The lowest BCUT2D eigenvalue weighted by Gasteiger charge is -2.04. The highest BCUT2D eigenvalue weighted by Gasteiger charge is 2.17. The topological polar surface area (TPSA) is 84.2 Å². The van der Waals surface area contributed by atoms with Crippen molar-refractivity contribution in [1.82, 2.24) is 14.3 Å². The molecule has 2 aromatic rings. The molecule has 0 aliphatic heterocycles. The van der Waals surface area contributed by atoms with Crippen molar-refractivity contribution in [3.05, 3.63) is 48.0 Å². The van der Waals surface area contributed by atoms with E-state index in [1.165, 1.54) is 12.3 Å². The van der Waals surface area contributed by atoms with E-state index >= 15 is 0 Å². The van der Waals surface area contributed by atoms with E-state index in [0.717, 1.165) is 0 Å². The van der Waals surface area contributed by atoms with Crippen molar-refractivity contribution in [2.45, 2.75) is 18.0 Å². The van der Waals surface area contributed by atoms with E-state index in [1.807, 2.05) is 0 Å². The van der Waals surface area contributed by atoms with Crippen molar-refractivity contribution in [3.63, 3.8) is 0 Å². The molecular weight excluding hydrogens is 266 g/mol. The summed E-state index contributed by atoms with van der Waals surface area (Å²) in [7, 11) is -1.91. The maximum atomic E-state index is 12.1. The molecule has 0 saturated heterocycles. The number of pyridine rings is 1. The lowest BCUT2D eigenvalue weighted by Crippen LogP contribution is -2.23. The Bertz CT molecular complexity index is 650. The molecule has 7 heteroatoms. The number of nitrogens with one attached hydrogen (secondary N) is 1. The Morgan fingerprint density at radius 2 is 2.21 bits per heavy atom. The van der Waals surface area contributed by atoms with Crippen LogP contribution in [-0.4, -0.2) is 23.1 Å². The largest absolute Gasteiger partial charge is 0.390 e. The van der Waals surface area contributed by atoms with Gasteiger partial charge in [0.05, 0.1) is 23.7 Å². The Balaban J connectivity index is 2.14. The fourth-order valence-electron chi connectivity index (χ4n) is 1.64. The van der Waals surface area contributed by atoms with Gasteiger partial charge in [-0.25, -0.2) is 13.1 Å². The van der Waals surface area contributed by atoms with Gasteiger partial charge in [0.1, 0.15) is 0 Å². The minimum absolute atomic E-state index is 0.131. The van der Waals surface area contributed by atoms with Crippen LogP contribution >= 0.6 is 0 Å². The molecule has 2 aromatic heterocycles. The van der Waals surface area contributed by atoms with Crippen LogP contribution in [0.4, 0.5) is 0 Å². The fourth-order valence-corrected chi connectivity index (χ4v) is 2.73. The molecule has 102 valence electrons. The van der Waals surface area contributed by atoms with E-state index in [0.29, 0.717) is 11.4 Å². The van der Waals surface area contributed by atoms with Crippen LogP contribution in [0.3, 0.4) is 0 Å². The van der Waals surface area contributed by atoms with E-state index in [1.54, 1.807) is 36.0 Å². The summed E-state index contributed by atoms with van der Waals surface area (Å²) < 4.78 is 28.2. The molecule has 0 spiro atoms. The summed E-state index contributed by atoms with van der Waals surface area (Å²) in [5.41, 5.74) is 1.18. The predicted molar refractivity (Wildman–Crippen MR) is 69.6 cm³/mol. The SMILES string of the molecule is Cn1cc(S(=O)(=O)NCc2ccccn2)cc1CO. The van der Waals surface area contributed by atoms with Crippen LogP contribution in [0.5, 0.6) is 0 Å². The molecule has 0 unspecified atom stereocenters. The number of hydrogen-bond donors (Lipinski definition) is 2. The normalized spacial score (nSPS) is 11.7. The Morgan fingerprint density at radius 1 is 1.42 bits per heavy atom. The molecule has 0 aliphatic carbocycles. The molecule has 0 aliphatic rings. The summed E-state index contributed by atoms with van der Waals surface area (Å²) in [4.78, 5) is 4.18. The number of sulfonamides is 1. The molecule has 2 rings (SSSR count). The minimum atomic E-state index is -3.59. The third-order valence-corrected chi connectivity index (χ3v) is 4.09. The highest BCUT2D eigenvalue weighted by atomic mass is 32.2. The average Bonchev–Trinajstić information content (AvgIpc) is 2.80. The fraction of sp³-hybridized carbons (Fsp3) is 0.250. The van der Waals surface area contributed by atoms with Crippen LogP contribution in [-0.2, 0) is 30.2 Å². The molecule has 2 heterocycles. The zero-order valence-corrected chi connectivity index (χ0v) is 11.3. The number of aryl methyl sites for hydroxylation is 1. The number of hydrogen-bond acceptors (Lipinski definition) is 4. The van der Waals surface area contributed by atoms with Gasteiger partial charge >= 0.3 is 0 Å². The second kappa shape index (κ2) is 5.52. The van der Waals surface area contributed by atoms with Crippen LogP contribution in [0.2, 0.25) is 0 Å². The molecule has 2 N–H and O–H groups in total. The number of aromatic nitrogens is 2. The molecule has 19 heavy (non-hydrogen) atoms. The molecule has 0 fully saturated rings. The van der Waals surface area contributed by atoms with Gasteiger partial charge in [0.2, 0.25) is 10.0 Å². The van der Waals surface area contributed by atoms with Crippen LogP contribution in [0.1, 0.15) is 11.4 Å². The standard InChI is InChI=1S/C12H15N3O3S/c1-15-8-12(6-11(15)9-16)19(17,18)14-7-10-4-2-3-5-13-10/h2-6,8,14,16H,7,9H2,1H3. The smallest absolute Gasteiger partial charge is 0.242 e. The van der Waals surface area contributed by atoms with Crippen molar-refractivity contribution < 1.29 is 13.5 Å². The van der Waals surface area contributed by atoms with Gasteiger partial charge in [0.15, 0.2) is 0 Å². The van der Waals surface area contributed by atoms with Gasteiger partial charge in [-0.05, 0) is 18.2 Å². The van der Waals surface area contributed by atoms with Crippen molar-refractivity contribution in [3.8, 4) is 0 Å². The lowest BCUT2D eigenvalue weighted by molar-refractivity contribution is 0.272. The summed E-state index contributed by atoms with van der Waals surface area (Å²) in [5.74, 6) is 0. The van der Waals surface area contributed by atoms with Gasteiger partial charge in [-0.1, -0.05) is 6.07 Å². The van der Waals surface area contributed by atoms with Gasteiger partial charge in [0.25, 0.3) is 0 Å². The molecule has 6 nitrogen and oxygen atoms in total. The number of aliphatic hydroxyl groups excluding tert-OH is 1. The third kappa shape index (κ3) is 3.19. The predicted octanol–water partition coefficient (Wildman–Crippen LogP) is 0.391. The van der Waals surface area contributed by atoms with E-state index in [9.17, 15) is 8.42 Å². The van der Waals surface area contributed by atoms with Crippen molar-refractivity contribution >= 4 is 10.0 Å². The zero-order valence-electron chi connectivity index (χ0n) is 10.4. The van der Waals surface area contributed by atoms with Crippen LogP contribution in [0.15, 0.2) is 41.6 Å². The van der Waals surface area contributed by atoms with Crippen molar-refractivity contribution in [1.29, 1.82) is 0 Å². The highest BCUT2D eigenvalue weighted by molar-refractivity contribution is 7.89. The summed E-state index contributed by atoms with van der Waals surface area (Å²) in [6.45, 7) is -0.0706. The lowest BCUT2D eigenvalue weighted by atomic mass is 10.4. The van der Waals surface area contributed by atoms with Crippen molar-refractivity contribution in [2.24, 2.45) is 7.05 Å². The molecular formula is C12H15N3O3S. The van der Waals surface area contributed by atoms with Crippen molar-refractivity contribution in [2.75, 3.05) is 0 Å². The first-order valence-corrected chi connectivity index (χ1v) is 7.17. The molecule has 0 radical (unpaired) electrons. The Labute approximate surface area is 111 Å². The zero-order chi connectivity index (χ0) is 13.9. The maximum Gasteiger partial charge on any atom is 0.242 e. The molecule has 0 bridgehead atoms. The van der Waals surface area contributed by atoms with E-state index in [-0.39, 0.29) is 18.0 Å². The summed E-state index contributed by atoms with van der Waals surface area (Å²) in [5, 5.41) is 9.06. The quantitative estimate of drug-likeness (QED) is 0.830.